The number of carbonyl (C=O) groups excluding carboxylic acids is 1. The molecule has 0 radical (unpaired) electrons. The molecule has 0 aliphatic heterocycles. The van der Waals surface area contributed by atoms with Crippen LogP contribution >= 0.6 is 34.3 Å². The minimum atomic E-state index is -0.0733. The van der Waals surface area contributed by atoms with Crippen molar-refractivity contribution in [3.63, 3.8) is 0 Å². The Hall–Kier alpha value is -2.74. The Kier molecular flexibility index (Phi) is 6.74. The fourth-order valence-electron chi connectivity index (χ4n) is 2.74. The molecule has 0 aliphatic carbocycles. The van der Waals surface area contributed by atoms with Crippen molar-refractivity contribution in [1.82, 2.24) is 15.3 Å². The third-order valence-electron chi connectivity index (χ3n) is 4.18. The van der Waals surface area contributed by atoms with Gasteiger partial charge in [0, 0.05) is 18.1 Å². The van der Waals surface area contributed by atoms with Crippen LogP contribution in [0.2, 0.25) is 4.34 Å². The average Bonchev–Trinajstić information content (AvgIpc) is 3.41. The first-order chi connectivity index (χ1) is 14.7. The second-order valence-electron chi connectivity index (χ2n) is 6.46. The third kappa shape index (κ3) is 5.66. The maximum atomic E-state index is 12.3. The van der Waals surface area contributed by atoms with Gasteiger partial charge in [-0.1, -0.05) is 29.8 Å². The lowest BCUT2D eigenvalue weighted by Crippen LogP contribution is -2.24. The number of hydrogen-bond donors (Lipinski definition) is 1. The number of hydrogen-bond acceptors (Lipinski definition) is 6. The van der Waals surface area contributed by atoms with E-state index in [1.54, 1.807) is 6.20 Å². The summed E-state index contributed by atoms with van der Waals surface area (Å²) in [7, 11) is 0. The fraction of sp³-hybridized carbons (Fsp3) is 0.136. The van der Waals surface area contributed by atoms with E-state index in [4.69, 9.17) is 16.3 Å². The van der Waals surface area contributed by atoms with Crippen LogP contribution in [-0.2, 0) is 24.4 Å². The molecule has 152 valence electrons. The normalized spacial score (nSPS) is 10.7. The first kappa shape index (κ1) is 20.5. The highest BCUT2D eigenvalue weighted by molar-refractivity contribution is 7.23. The van der Waals surface area contributed by atoms with E-state index in [-0.39, 0.29) is 12.3 Å². The zero-order valence-electron chi connectivity index (χ0n) is 15.9. The van der Waals surface area contributed by atoms with Gasteiger partial charge in [0.05, 0.1) is 27.0 Å². The van der Waals surface area contributed by atoms with Crippen molar-refractivity contribution in [3.05, 3.63) is 87.5 Å². The predicted molar refractivity (Wildman–Crippen MR) is 121 cm³/mol. The van der Waals surface area contributed by atoms with Gasteiger partial charge >= 0.3 is 0 Å². The topological polar surface area (TPSA) is 64.1 Å². The summed E-state index contributed by atoms with van der Waals surface area (Å²) in [5.41, 5.74) is 2.59. The molecule has 0 fully saturated rings. The van der Waals surface area contributed by atoms with Crippen LogP contribution in [0.1, 0.15) is 17.0 Å². The summed E-state index contributed by atoms with van der Waals surface area (Å²) < 4.78 is 6.52. The Morgan fingerprint density at radius 2 is 2.03 bits per heavy atom. The van der Waals surface area contributed by atoms with Crippen molar-refractivity contribution < 1.29 is 9.53 Å². The van der Waals surface area contributed by atoms with Gasteiger partial charge in [0.2, 0.25) is 5.91 Å². The lowest BCUT2D eigenvalue weighted by atomic mass is 10.2. The van der Waals surface area contributed by atoms with Gasteiger partial charge in [0.1, 0.15) is 17.4 Å². The molecule has 0 saturated carbocycles. The molecule has 0 unspecified atom stereocenters. The number of pyridine rings is 1. The first-order valence-corrected chi connectivity index (χ1v) is 11.3. The molecular formula is C22H18ClN3O2S2. The standard InChI is InChI=1S/C22H18ClN3O2S2/c23-20-8-7-19(30-20)22-26-17(14-29-22)11-21(27)25-12-15-4-3-6-18(10-15)28-13-16-5-1-2-9-24-16/h1-10,14H,11-13H2,(H,25,27). The first-order valence-electron chi connectivity index (χ1n) is 9.24. The molecule has 3 heterocycles. The van der Waals surface area contributed by atoms with Gasteiger partial charge in [-0.05, 0) is 42.0 Å². The molecule has 5 nitrogen and oxygen atoms in total. The van der Waals surface area contributed by atoms with Gasteiger partial charge < -0.3 is 10.1 Å². The Labute approximate surface area is 187 Å². The van der Waals surface area contributed by atoms with Crippen LogP contribution in [0.15, 0.2) is 66.2 Å². The highest BCUT2D eigenvalue weighted by Crippen LogP contribution is 2.32. The summed E-state index contributed by atoms with van der Waals surface area (Å²) >= 11 is 8.98. The smallest absolute Gasteiger partial charge is 0.226 e. The highest BCUT2D eigenvalue weighted by atomic mass is 35.5. The number of nitrogens with zero attached hydrogens (tertiary/aromatic N) is 2. The van der Waals surface area contributed by atoms with Gasteiger partial charge in [0.15, 0.2) is 0 Å². The summed E-state index contributed by atoms with van der Waals surface area (Å²) in [4.78, 5) is 22.1. The second-order valence-corrected chi connectivity index (χ2v) is 9.03. The zero-order valence-corrected chi connectivity index (χ0v) is 18.3. The van der Waals surface area contributed by atoms with E-state index in [1.165, 1.54) is 22.7 Å². The Morgan fingerprint density at radius 3 is 2.83 bits per heavy atom. The van der Waals surface area contributed by atoms with Crippen molar-refractivity contribution in [2.45, 2.75) is 19.6 Å². The number of benzene rings is 1. The predicted octanol–water partition coefficient (Wildman–Crippen LogP) is 5.36. The van der Waals surface area contributed by atoms with Crippen molar-refractivity contribution in [1.29, 1.82) is 0 Å². The van der Waals surface area contributed by atoms with Crippen LogP contribution in [0.3, 0.4) is 0 Å². The molecule has 0 spiro atoms. The maximum absolute atomic E-state index is 12.3. The van der Waals surface area contributed by atoms with Crippen LogP contribution in [0.4, 0.5) is 0 Å². The molecule has 0 atom stereocenters. The molecular weight excluding hydrogens is 438 g/mol. The lowest BCUT2D eigenvalue weighted by molar-refractivity contribution is -0.120. The average molecular weight is 456 g/mol. The Morgan fingerprint density at radius 1 is 1.10 bits per heavy atom. The fourth-order valence-corrected chi connectivity index (χ4v) is 4.68. The molecule has 0 aliphatic rings. The largest absolute Gasteiger partial charge is 0.487 e. The van der Waals surface area contributed by atoms with E-state index in [1.807, 2.05) is 60.0 Å². The third-order valence-corrected chi connectivity index (χ3v) is 6.47. The van der Waals surface area contributed by atoms with E-state index < -0.39 is 0 Å². The summed E-state index contributed by atoms with van der Waals surface area (Å²) in [6.07, 6.45) is 1.98. The monoisotopic (exact) mass is 455 g/mol. The summed E-state index contributed by atoms with van der Waals surface area (Å²) in [5.74, 6) is 0.669. The van der Waals surface area contributed by atoms with Crippen LogP contribution in [0.25, 0.3) is 9.88 Å². The van der Waals surface area contributed by atoms with Crippen LogP contribution < -0.4 is 10.1 Å². The molecule has 1 aromatic carbocycles. The molecule has 4 aromatic rings. The number of amides is 1. The number of ether oxygens (including phenoxy) is 1. The van der Waals surface area contributed by atoms with Crippen molar-refractivity contribution in [3.8, 4) is 15.6 Å². The summed E-state index contributed by atoms with van der Waals surface area (Å²) in [6, 6.07) is 17.2. The Balaban J connectivity index is 1.28. The molecule has 8 heteroatoms. The SMILES string of the molecule is O=C(Cc1csc(-c2ccc(Cl)s2)n1)NCc1cccc(OCc2ccccn2)c1. The quantitative estimate of drug-likeness (QED) is 0.388. The van der Waals surface area contributed by atoms with Crippen molar-refractivity contribution >= 4 is 40.2 Å². The minimum Gasteiger partial charge on any atom is -0.487 e. The van der Waals surface area contributed by atoms with Crippen molar-refractivity contribution in [2.75, 3.05) is 0 Å². The second kappa shape index (κ2) is 9.84. The number of thiazole rings is 1. The summed E-state index contributed by atoms with van der Waals surface area (Å²) in [5, 5.41) is 5.73. The van der Waals surface area contributed by atoms with Gasteiger partial charge in [-0.3, -0.25) is 9.78 Å². The van der Waals surface area contributed by atoms with Gasteiger partial charge in [-0.15, -0.1) is 22.7 Å². The number of thiophene rings is 1. The number of carbonyl (C=O) groups is 1. The van der Waals surface area contributed by atoms with E-state index in [0.29, 0.717) is 13.2 Å². The maximum Gasteiger partial charge on any atom is 0.226 e. The minimum absolute atomic E-state index is 0.0733. The molecule has 1 N–H and O–H groups in total. The number of aromatic nitrogens is 2. The lowest BCUT2D eigenvalue weighted by Gasteiger charge is -2.09. The van der Waals surface area contributed by atoms with Gasteiger partial charge in [-0.25, -0.2) is 4.98 Å². The highest BCUT2D eigenvalue weighted by Gasteiger charge is 2.11. The van der Waals surface area contributed by atoms with E-state index in [2.05, 4.69) is 15.3 Å². The van der Waals surface area contributed by atoms with E-state index in [9.17, 15) is 4.79 Å². The summed E-state index contributed by atoms with van der Waals surface area (Å²) in [6.45, 7) is 0.829. The van der Waals surface area contributed by atoms with E-state index >= 15 is 0 Å². The van der Waals surface area contributed by atoms with Crippen LogP contribution in [-0.4, -0.2) is 15.9 Å². The van der Waals surface area contributed by atoms with Crippen molar-refractivity contribution in [2.24, 2.45) is 0 Å². The Bertz CT molecular complexity index is 1130. The van der Waals surface area contributed by atoms with Crippen LogP contribution in [0.5, 0.6) is 5.75 Å². The molecule has 3 aromatic heterocycles. The number of rotatable bonds is 8. The molecule has 1 amide bonds. The van der Waals surface area contributed by atoms with Gasteiger partial charge in [0.25, 0.3) is 0 Å². The van der Waals surface area contributed by atoms with Gasteiger partial charge in [-0.2, -0.15) is 0 Å². The number of halogens is 1. The number of nitrogens with one attached hydrogen (secondary N) is 1. The molecule has 0 bridgehead atoms. The van der Waals surface area contributed by atoms with E-state index in [0.717, 1.165) is 36.9 Å². The van der Waals surface area contributed by atoms with Crippen LogP contribution in [0, 0.1) is 0 Å². The molecule has 4 rings (SSSR count). The molecule has 30 heavy (non-hydrogen) atoms. The molecule has 0 saturated heterocycles. The zero-order chi connectivity index (χ0) is 20.8.